The van der Waals surface area contributed by atoms with Crippen molar-refractivity contribution >= 4 is 12.0 Å². The van der Waals surface area contributed by atoms with Gasteiger partial charge in [-0.1, -0.05) is 0 Å². The van der Waals surface area contributed by atoms with Gasteiger partial charge in [0.15, 0.2) is 6.29 Å². The molecule has 2 aliphatic rings. The number of carbonyl (C=O) groups excluding carboxylic acids is 2. The first-order valence-electron chi connectivity index (χ1n) is 7.34. The zero-order valence-corrected chi connectivity index (χ0v) is 13.2. The summed E-state index contributed by atoms with van der Waals surface area (Å²) >= 11 is 0. The molecule has 2 atom stereocenters. The van der Waals surface area contributed by atoms with Gasteiger partial charge < -0.3 is 14.2 Å². The number of ether oxygens (including phenoxy) is 3. The Kier molecular flexibility index (Phi) is 4.91. The van der Waals surface area contributed by atoms with E-state index in [9.17, 15) is 22.8 Å². The summed E-state index contributed by atoms with van der Waals surface area (Å²) in [5, 5.41) is 0. The van der Waals surface area contributed by atoms with Crippen LogP contribution in [0.25, 0.3) is 0 Å². The number of carbonyl (C=O) groups is 2. The number of likely N-dealkylation sites (tertiary alicyclic amines) is 1. The smallest absolute Gasteiger partial charge is 0.417 e. The van der Waals surface area contributed by atoms with Crippen molar-refractivity contribution in [1.29, 1.82) is 0 Å². The quantitative estimate of drug-likeness (QED) is 0.773. The minimum absolute atomic E-state index is 0.227. The van der Waals surface area contributed by atoms with Crippen LogP contribution in [0.2, 0.25) is 0 Å². The number of imide groups is 1. The molecule has 0 saturated carbocycles. The fourth-order valence-corrected chi connectivity index (χ4v) is 2.68. The molecule has 2 rings (SSSR count). The molecule has 2 amide bonds. The predicted molar refractivity (Wildman–Crippen MR) is 71.3 cm³/mol. The van der Waals surface area contributed by atoms with Gasteiger partial charge in [0.25, 0.3) is 0 Å². The number of rotatable bonds is 2. The maximum atomic E-state index is 13.2. The number of nitrogens with zero attached hydrogens (tertiary/aromatic N) is 1. The summed E-state index contributed by atoms with van der Waals surface area (Å²) in [5.74, 6) is -2.85. The summed E-state index contributed by atoms with van der Waals surface area (Å²) < 4.78 is 55.0. The fourth-order valence-electron chi connectivity index (χ4n) is 2.68. The van der Waals surface area contributed by atoms with E-state index in [0.29, 0.717) is 4.90 Å². The number of hydrogen-bond acceptors (Lipinski definition) is 5. The summed E-state index contributed by atoms with van der Waals surface area (Å²) in [4.78, 5) is 24.7. The van der Waals surface area contributed by atoms with Crippen molar-refractivity contribution in [1.82, 2.24) is 4.90 Å². The molecule has 0 N–H and O–H groups in total. The Balaban J connectivity index is 2.21. The standard InChI is InChI=1S/C14H20F3NO5/c1-13(2,3)23-12(20)18-9(7-11-21-4-5-22-11)8(6-10(18)19)14(15,16)17/h8-9,11H,4-7H2,1-3H3. The van der Waals surface area contributed by atoms with Crippen LogP contribution in [-0.4, -0.2) is 54.2 Å². The van der Waals surface area contributed by atoms with Crippen molar-refractivity contribution in [2.24, 2.45) is 5.92 Å². The van der Waals surface area contributed by atoms with Crippen molar-refractivity contribution < 1.29 is 37.0 Å². The Bertz CT molecular complexity index is 468. The first kappa shape index (κ1) is 18.0. The third-order valence-corrected chi connectivity index (χ3v) is 3.59. The summed E-state index contributed by atoms with van der Waals surface area (Å²) in [5.41, 5.74) is -0.918. The molecular weight excluding hydrogens is 319 g/mol. The molecule has 0 aromatic rings. The molecule has 9 heteroatoms. The van der Waals surface area contributed by atoms with Crippen molar-refractivity contribution in [3.63, 3.8) is 0 Å². The van der Waals surface area contributed by atoms with Crippen LogP contribution in [0.15, 0.2) is 0 Å². The number of hydrogen-bond donors (Lipinski definition) is 0. The highest BCUT2D eigenvalue weighted by molar-refractivity contribution is 5.94. The van der Waals surface area contributed by atoms with E-state index >= 15 is 0 Å². The van der Waals surface area contributed by atoms with Gasteiger partial charge in [0.1, 0.15) is 5.60 Å². The lowest BCUT2D eigenvalue weighted by molar-refractivity contribution is -0.185. The summed E-state index contributed by atoms with van der Waals surface area (Å²) in [6.45, 7) is 5.27. The third-order valence-electron chi connectivity index (χ3n) is 3.59. The van der Waals surface area contributed by atoms with Crippen molar-refractivity contribution in [3.8, 4) is 0 Å². The summed E-state index contributed by atoms with van der Waals surface area (Å²) in [6, 6.07) is -1.39. The van der Waals surface area contributed by atoms with E-state index < -0.39 is 48.4 Å². The van der Waals surface area contributed by atoms with Crippen LogP contribution >= 0.6 is 0 Å². The monoisotopic (exact) mass is 339 g/mol. The molecule has 6 nitrogen and oxygen atoms in total. The van der Waals surface area contributed by atoms with Gasteiger partial charge in [-0.15, -0.1) is 0 Å². The minimum Gasteiger partial charge on any atom is -0.443 e. The number of amides is 2. The number of alkyl halides is 3. The van der Waals surface area contributed by atoms with E-state index in [4.69, 9.17) is 14.2 Å². The Labute approximate surface area is 131 Å². The zero-order valence-electron chi connectivity index (χ0n) is 13.2. The Morgan fingerprint density at radius 1 is 1.26 bits per heavy atom. The van der Waals surface area contributed by atoms with Crippen molar-refractivity contribution in [2.45, 2.75) is 57.7 Å². The van der Waals surface area contributed by atoms with E-state index in [-0.39, 0.29) is 19.6 Å². The van der Waals surface area contributed by atoms with Gasteiger partial charge in [-0.05, 0) is 20.8 Å². The first-order valence-corrected chi connectivity index (χ1v) is 7.34. The Hall–Kier alpha value is -1.35. The normalized spacial score (nSPS) is 26.9. The lowest BCUT2D eigenvalue weighted by Gasteiger charge is -2.30. The second-order valence-electron chi connectivity index (χ2n) is 6.57. The molecule has 2 heterocycles. The molecular formula is C14H20F3NO5. The van der Waals surface area contributed by atoms with E-state index in [1.54, 1.807) is 20.8 Å². The van der Waals surface area contributed by atoms with Gasteiger partial charge in [-0.3, -0.25) is 4.79 Å². The van der Waals surface area contributed by atoms with Gasteiger partial charge in [0.05, 0.1) is 25.2 Å². The molecule has 0 spiro atoms. The van der Waals surface area contributed by atoms with Gasteiger partial charge in [0.2, 0.25) is 5.91 Å². The summed E-state index contributed by atoms with van der Waals surface area (Å²) in [7, 11) is 0. The molecule has 132 valence electrons. The van der Waals surface area contributed by atoms with E-state index in [2.05, 4.69) is 0 Å². The lowest BCUT2D eigenvalue weighted by Crippen LogP contribution is -2.46. The first-order chi connectivity index (χ1) is 10.5. The van der Waals surface area contributed by atoms with E-state index in [1.807, 2.05) is 0 Å². The van der Waals surface area contributed by atoms with Crippen molar-refractivity contribution in [2.75, 3.05) is 13.2 Å². The van der Waals surface area contributed by atoms with Crippen LogP contribution in [0.4, 0.5) is 18.0 Å². The Morgan fingerprint density at radius 3 is 2.30 bits per heavy atom. The minimum atomic E-state index is -4.60. The molecule has 2 aliphatic heterocycles. The molecule has 0 aliphatic carbocycles. The van der Waals surface area contributed by atoms with E-state index in [1.165, 1.54) is 0 Å². The molecule has 23 heavy (non-hydrogen) atoms. The maximum absolute atomic E-state index is 13.2. The highest BCUT2D eigenvalue weighted by Crippen LogP contribution is 2.41. The zero-order chi connectivity index (χ0) is 17.4. The van der Waals surface area contributed by atoms with E-state index in [0.717, 1.165) is 0 Å². The average Bonchev–Trinajstić information content (AvgIpc) is 2.94. The third kappa shape index (κ3) is 4.35. The van der Waals surface area contributed by atoms with Gasteiger partial charge in [0, 0.05) is 12.8 Å². The van der Waals surface area contributed by atoms with Crippen LogP contribution in [0.5, 0.6) is 0 Å². The maximum Gasteiger partial charge on any atom is 0.417 e. The van der Waals surface area contributed by atoms with Gasteiger partial charge in [-0.2, -0.15) is 13.2 Å². The SMILES string of the molecule is CC(C)(C)OC(=O)N1C(=O)CC(C(F)(F)F)C1CC1OCCO1. The molecule has 0 aromatic carbocycles. The molecule has 0 bridgehead atoms. The molecule has 0 aromatic heterocycles. The average molecular weight is 339 g/mol. The molecule has 2 fully saturated rings. The lowest BCUT2D eigenvalue weighted by atomic mass is 9.96. The summed E-state index contributed by atoms with van der Waals surface area (Å²) in [6.07, 6.45) is -7.54. The second-order valence-corrected chi connectivity index (χ2v) is 6.57. The second kappa shape index (κ2) is 6.27. The molecule has 2 saturated heterocycles. The fraction of sp³-hybridized carbons (Fsp3) is 0.857. The van der Waals surface area contributed by atoms with Crippen LogP contribution in [0.3, 0.4) is 0 Å². The van der Waals surface area contributed by atoms with Crippen LogP contribution in [0, 0.1) is 5.92 Å². The topological polar surface area (TPSA) is 65.1 Å². The largest absolute Gasteiger partial charge is 0.443 e. The highest BCUT2D eigenvalue weighted by Gasteiger charge is 2.56. The van der Waals surface area contributed by atoms with Crippen molar-refractivity contribution in [3.05, 3.63) is 0 Å². The van der Waals surface area contributed by atoms with Gasteiger partial charge >= 0.3 is 12.3 Å². The predicted octanol–water partition coefficient (Wildman–Crippen LogP) is 2.46. The van der Waals surface area contributed by atoms with Crippen LogP contribution in [-0.2, 0) is 19.0 Å². The van der Waals surface area contributed by atoms with Crippen LogP contribution < -0.4 is 0 Å². The Morgan fingerprint density at radius 2 is 1.83 bits per heavy atom. The molecule has 2 unspecified atom stereocenters. The molecule has 0 radical (unpaired) electrons. The van der Waals surface area contributed by atoms with Crippen LogP contribution in [0.1, 0.15) is 33.6 Å². The number of halogens is 3. The highest BCUT2D eigenvalue weighted by atomic mass is 19.4. The van der Waals surface area contributed by atoms with Gasteiger partial charge in [-0.25, -0.2) is 9.69 Å².